The van der Waals surface area contributed by atoms with Crippen molar-refractivity contribution in [1.82, 2.24) is 19.7 Å². The fourth-order valence-electron chi connectivity index (χ4n) is 5.51. The molecule has 2 aromatic heterocycles. The molecule has 1 unspecified atom stereocenters. The number of amides is 1. The third-order valence-corrected chi connectivity index (χ3v) is 13.6. The summed E-state index contributed by atoms with van der Waals surface area (Å²) in [7, 11) is -2.13. The predicted octanol–water partition coefficient (Wildman–Crippen LogP) is 7.55. The summed E-state index contributed by atoms with van der Waals surface area (Å²) in [5, 5.41) is 18.2. The van der Waals surface area contributed by atoms with Crippen LogP contribution in [0.15, 0.2) is 30.6 Å². The fourth-order valence-corrected chi connectivity index (χ4v) is 6.62. The predicted molar refractivity (Wildman–Crippen MR) is 181 cm³/mol. The zero-order valence-electron chi connectivity index (χ0n) is 28.8. The molecule has 2 aliphatic heterocycles. The molecule has 1 amide bonds. The van der Waals surface area contributed by atoms with Crippen LogP contribution in [0.5, 0.6) is 5.88 Å². The molecule has 246 valence electrons. The van der Waals surface area contributed by atoms with E-state index in [0.29, 0.717) is 47.6 Å². The first-order valence-electron chi connectivity index (χ1n) is 16.0. The summed E-state index contributed by atoms with van der Waals surface area (Å²) in [5.41, 5.74) is 2.56. The Morgan fingerprint density at radius 1 is 1.24 bits per heavy atom. The van der Waals surface area contributed by atoms with Gasteiger partial charge in [0.1, 0.15) is 17.4 Å². The zero-order valence-corrected chi connectivity index (χ0v) is 29.8. The molecule has 4 heterocycles. The average molecular weight is 646 g/mol. The maximum absolute atomic E-state index is 13.6. The van der Waals surface area contributed by atoms with Gasteiger partial charge in [0.15, 0.2) is 8.32 Å². The zero-order chi connectivity index (χ0) is 33.7. The third-order valence-electron chi connectivity index (χ3n) is 9.11. The number of benzene rings is 1. The van der Waals surface area contributed by atoms with Crippen molar-refractivity contribution in [1.29, 1.82) is 5.26 Å². The molecule has 0 saturated heterocycles. The van der Waals surface area contributed by atoms with E-state index in [1.165, 1.54) is 0 Å². The molecule has 0 saturated carbocycles. The van der Waals surface area contributed by atoms with Gasteiger partial charge in [-0.3, -0.25) is 4.90 Å². The number of rotatable bonds is 6. The molecule has 1 N–H and O–H groups in total. The van der Waals surface area contributed by atoms with Crippen molar-refractivity contribution in [3.63, 3.8) is 0 Å². The molecule has 2 aliphatic rings. The highest BCUT2D eigenvalue weighted by molar-refractivity contribution is 6.74. The lowest BCUT2D eigenvalue weighted by molar-refractivity contribution is 0.0575. The Bertz CT molecular complexity index is 1670. The molecule has 0 spiro atoms. The van der Waals surface area contributed by atoms with Crippen LogP contribution in [0.1, 0.15) is 79.4 Å². The van der Waals surface area contributed by atoms with Gasteiger partial charge in [-0.05, 0) is 82.4 Å². The minimum absolute atomic E-state index is 0.0108. The van der Waals surface area contributed by atoms with Gasteiger partial charge in [0, 0.05) is 36.9 Å². The van der Waals surface area contributed by atoms with Gasteiger partial charge in [-0.2, -0.15) is 10.4 Å². The van der Waals surface area contributed by atoms with Crippen LogP contribution in [-0.4, -0.2) is 59.0 Å². The summed E-state index contributed by atoms with van der Waals surface area (Å²) < 4.78 is 20.6. The van der Waals surface area contributed by atoms with E-state index < -0.39 is 25.4 Å². The van der Waals surface area contributed by atoms with Crippen molar-refractivity contribution in [2.75, 3.05) is 23.4 Å². The fraction of sp³-hybridized carbons (Fsp3) is 0.559. The van der Waals surface area contributed by atoms with Crippen LogP contribution < -0.4 is 15.0 Å². The lowest BCUT2D eigenvalue weighted by Gasteiger charge is -2.39. The number of hydrogen-bond acceptors (Lipinski definition) is 9. The van der Waals surface area contributed by atoms with Crippen LogP contribution in [0.3, 0.4) is 0 Å². The monoisotopic (exact) mass is 645 g/mol. The molecule has 5 rings (SSSR count). The highest BCUT2D eigenvalue weighted by Gasteiger charge is 2.47. The van der Waals surface area contributed by atoms with Gasteiger partial charge in [0.2, 0.25) is 11.8 Å². The van der Waals surface area contributed by atoms with Gasteiger partial charge in [0.25, 0.3) is 0 Å². The van der Waals surface area contributed by atoms with Crippen molar-refractivity contribution < 1.29 is 18.7 Å². The van der Waals surface area contributed by atoms with E-state index in [0.717, 1.165) is 30.5 Å². The number of hydrogen-bond donors (Lipinski definition) is 1. The summed E-state index contributed by atoms with van der Waals surface area (Å²) in [6.45, 7) is 22.2. The standard InChI is InChI=1S/C34H47N7O4Si/c1-22-12-11-15-41-29(44-22)27(19-37-41)39-30-36-14-13-26(38-30)23-16-24(18-35)28-25(17-23)34(8,21-43-46(9,10)33(5,6)7)20-40(28)31(42)45-32(2,3)4/h13-14,16-17,19,22H,11-12,15,20-21H2,1-10H3,(H,36,38,39)/t22?,34-/m1/s1. The van der Waals surface area contributed by atoms with Crippen LogP contribution in [0.4, 0.5) is 22.1 Å². The van der Waals surface area contributed by atoms with Gasteiger partial charge >= 0.3 is 6.09 Å². The van der Waals surface area contributed by atoms with E-state index in [2.05, 4.69) is 69.2 Å². The van der Waals surface area contributed by atoms with E-state index in [-0.39, 0.29) is 11.1 Å². The van der Waals surface area contributed by atoms with Crippen LogP contribution in [0.25, 0.3) is 11.3 Å². The molecular weight excluding hydrogens is 599 g/mol. The van der Waals surface area contributed by atoms with Crippen LogP contribution in [0.2, 0.25) is 18.1 Å². The minimum Gasteiger partial charge on any atom is -0.473 e. The quantitative estimate of drug-likeness (QED) is 0.270. The number of carbonyl (C=O) groups is 1. The Hall–Kier alpha value is -3.95. The lowest BCUT2D eigenvalue weighted by Crippen LogP contribution is -2.46. The molecule has 3 aromatic rings. The average Bonchev–Trinajstić information content (AvgIpc) is 3.40. The molecule has 0 bridgehead atoms. The van der Waals surface area contributed by atoms with Crippen LogP contribution in [-0.2, 0) is 21.1 Å². The van der Waals surface area contributed by atoms with Gasteiger partial charge in [-0.25, -0.2) is 19.4 Å². The number of nitrogens with zero attached hydrogens (tertiary/aromatic N) is 6. The van der Waals surface area contributed by atoms with Gasteiger partial charge in [0.05, 0.1) is 29.2 Å². The van der Waals surface area contributed by atoms with E-state index >= 15 is 0 Å². The summed E-state index contributed by atoms with van der Waals surface area (Å²) in [6.07, 6.45) is 4.95. The van der Waals surface area contributed by atoms with Gasteiger partial charge in [-0.1, -0.05) is 27.7 Å². The lowest BCUT2D eigenvalue weighted by atomic mass is 9.83. The maximum atomic E-state index is 13.6. The van der Waals surface area contributed by atoms with E-state index in [9.17, 15) is 10.1 Å². The molecule has 11 nitrogen and oxygen atoms in total. The van der Waals surface area contributed by atoms with Crippen LogP contribution in [0, 0.1) is 11.3 Å². The number of ether oxygens (including phenoxy) is 2. The number of aryl methyl sites for hydroxylation is 1. The van der Waals surface area contributed by atoms with Gasteiger partial charge in [-0.15, -0.1) is 0 Å². The number of aromatic nitrogens is 4. The maximum Gasteiger partial charge on any atom is 0.414 e. The highest BCUT2D eigenvalue weighted by Crippen LogP contribution is 2.47. The minimum atomic E-state index is -2.13. The Balaban J connectivity index is 1.54. The largest absolute Gasteiger partial charge is 0.473 e. The number of nitriles is 1. The normalized spacial score (nSPS) is 19.8. The van der Waals surface area contributed by atoms with Crippen molar-refractivity contribution in [2.24, 2.45) is 0 Å². The van der Waals surface area contributed by atoms with Crippen molar-refractivity contribution in [3.8, 4) is 23.2 Å². The Morgan fingerprint density at radius 2 is 1.98 bits per heavy atom. The first-order chi connectivity index (χ1) is 21.4. The summed E-state index contributed by atoms with van der Waals surface area (Å²) in [5.74, 6) is 1.05. The van der Waals surface area contributed by atoms with E-state index in [4.69, 9.17) is 18.9 Å². The van der Waals surface area contributed by atoms with E-state index in [1.54, 1.807) is 23.4 Å². The number of nitrogens with one attached hydrogen (secondary N) is 1. The third kappa shape index (κ3) is 6.76. The molecule has 0 radical (unpaired) electrons. The Morgan fingerprint density at radius 3 is 2.65 bits per heavy atom. The van der Waals surface area contributed by atoms with Crippen molar-refractivity contribution in [2.45, 2.75) is 110 Å². The number of anilines is 3. The van der Waals surface area contributed by atoms with E-state index in [1.807, 2.05) is 37.6 Å². The molecular formula is C34H47N7O4Si. The molecule has 12 heteroatoms. The second-order valence-electron chi connectivity index (χ2n) is 15.3. The second-order valence-corrected chi connectivity index (χ2v) is 20.1. The first kappa shape index (κ1) is 33.4. The summed E-state index contributed by atoms with van der Waals surface area (Å²) in [6, 6.07) is 7.96. The molecule has 46 heavy (non-hydrogen) atoms. The topological polar surface area (TPSA) is 127 Å². The number of carbonyl (C=O) groups excluding carboxylic acids is 1. The van der Waals surface area contributed by atoms with Crippen LogP contribution >= 0.6 is 0 Å². The highest BCUT2D eigenvalue weighted by atomic mass is 28.4. The Kier molecular flexibility index (Phi) is 8.72. The summed E-state index contributed by atoms with van der Waals surface area (Å²) in [4.78, 5) is 24.4. The van der Waals surface area contributed by atoms with Gasteiger partial charge < -0.3 is 19.2 Å². The molecule has 1 aromatic carbocycles. The molecule has 0 aliphatic carbocycles. The van der Waals surface area contributed by atoms with Crippen molar-refractivity contribution >= 4 is 31.7 Å². The first-order valence-corrected chi connectivity index (χ1v) is 18.9. The second kappa shape index (κ2) is 12.0. The molecule has 0 fully saturated rings. The summed E-state index contributed by atoms with van der Waals surface area (Å²) >= 11 is 0. The van der Waals surface area contributed by atoms with Crippen molar-refractivity contribution in [3.05, 3.63) is 41.7 Å². The number of fused-ring (bicyclic) bond motifs is 2. The smallest absolute Gasteiger partial charge is 0.414 e. The molecule has 2 atom stereocenters. The SMILES string of the molecule is CC1CCCn2ncc(Nc3nccc(-c4cc(C#N)c5c(c4)[C@@](C)(CO[Si](C)(C)C(C)(C)C)CN5C(=O)OC(C)(C)C)n3)c2O1. The Labute approximate surface area is 273 Å².